The Labute approximate surface area is 161 Å². The largest absolute Gasteiger partial charge is 0.364 e. The summed E-state index contributed by atoms with van der Waals surface area (Å²) in [6, 6.07) is 11.0. The molecule has 1 fully saturated rings. The molecule has 4 rings (SSSR count). The molecule has 0 unspecified atom stereocenters. The topological polar surface area (TPSA) is 47.1 Å². The third-order valence-corrected chi connectivity index (χ3v) is 5.53. The van der Waals surface area contributed by atoms with Crippen LogP contribution < -0.4 is 0 Å². The predicted molar refractivity (Wildman–Crippen MR) is 106 cm³/mol. The minimum Gasteiger partial charge on any atom is -0.364 e. The molecule has 0 spiro atoms. The van der Waals surface area contributed by atoms with Crippen molar-refractivity contribution in [3.63, 3.8) is 0 Å². The highest BCUT2D eigenvalue weighted by atomic mass is 16.5. The van der Waals surface area contributed by atoms with Gasteiger partial charge >= 0.3 is 0 Å². The second-order valence-corrected chi connectivity index (χ2v) is 7.80. The van der Waals surface area contributed by atoms with Crippen LogP contribution in [0.4, 0.5) is 0 Å². The Morgan fingerprint density at radius 3 is 2.56 bits per heavy atom. The Kier molecular flexibility index (Phi) is 5.39. The fourth-order valence-corrected chi connectivity index (χ4v) is 4.19. The van der Waals surface area contributed by atoms with Gasteiger partial charge in [0.1, 0.15) is 6.26 Å². The minimum absolute atomic E-state index is 0.740. The maximum Gasteiger partial charge on any atom is 0.124 e. The molecule has 5 heteroatoms. The van der Waals surface area contributed by atoms with E-state index in [1.54, 1.807) is 6.26 Å². The Balaban J connectivity index is 1.50. The highest BCUT2D eigenvalue weighted by Gasteiger charge is 2.17. The first-order valence-electron chi connectivity index (χ1n) is 9.89. The number of hydrogen-bond acceptors (Lipinski definition) is 4. The second-order valence-electron chi connectivity index (χ2n) is 7.80. The molecule has 3 aromatic rings. The van der Waals surface area contributed by atoms with Crippen molar-refractivity contribution in [2.45, 2.75) is 51.1 Å². The molecule has 0 amide bonds. The fraction of sp³-hybridized carbons (Fsp3) is 0.455. The molecule has 0 saturated heterocycles. The van der Waals surface area contributed by atoms with E-state index in [4.69, 9.17) is 9.62 Å². The summed E-state index contributed by atoms with van der Waals surface area (Å²) in [5.74, 6) is 0.740. The number of aryl methyl sites for hydroxylation is 1. The van der Waals surface area contributed by atoms with E-state index in [-0.39, 0.29) is 0 Å². The van der Waals surface area contributed by atoms with Crippen molar-refractivity contribution in [1.82, 2.24) is 19.8 Å². The van der Waals surface area contributed by atoms with Gasteiger partial charge in [-0.1, -0.05) is 48.7 Å². The third-order valence-electron chi connectivity index (χ3n) is 5.53. The van der Waals surface area contributed by atoms with Crippen LogP contribution in [0.15, 0.2) is 47.3 Å². The average Bonchev–Trinajstić information content (AvgIpc) is 3.32. The van der Waals surface area contributed by atoms with Crippen LogP contribution in [-0.4, -0.2) is 26.9 Å². The Hall–Kier alpha value is -2.40. The molecular weight excluding hydrogens is 336 g/mol. The van der Waals surface area contributed by atoms with E-state index in [2.05, 4.69) is 47.6 Å². The summed E-state index contributed by atoms with van der Waals surface area (Å²) in [4.78, 5) is 2.23. The molecule has 0 radical (unpaired) electrons. The molecule has 2 heterocycles. The molecule has 0 atom stereocenters. The fourth-order valence-electron chi connectivity index (χ4n) is 4.19. The molecule has 1 aliphatic rings. The van der Waals surface area contributed by atoms with E-state index in [9.17, 15) is 0 Å². The summed E-state index contributed by atoms with van der Waals surface area (Å²) in [6.07, 6.45) is 10.5. The van der Waals surface area contributed by atoms with Crippen LogP contribution >= 0.6 is 0 Å². The normalized spacial score (nSPS) is 15.5. The summed E-state index contributed by atoms with van der Waals surface area (Å²) in [5, 5.41) is 8.73. The van der Waals surface area contributed by atoms with E-state index in [0.717, 1.165) is 30.4 Å². The van der Waals surface area contributed by atoms with Gasteiger partial charge in [-0.3, -0.25) is 9.58 Å². The first-order valence-corrected chi connectivity index (χ1v) is 9.89. The first-order chi connectivity index (χ1) is 13.2. The molecule has 0 bridgehead atoms. The highest BCUT2D eigenvalue weighted by Crippen LogP contribution is 2.33. The SMILES string of the molecule is CN(Cc1ccon1)Cc1cn(C)nc1-c1ccc(C2CCCCC2)cc1. The van der Waals surface area contributed by atoms with E-state index >= 15 is 0 Å². The van der Waals surface area contributed by atoms with Crippen LogP contribution in [0.3, 0.4) is 0 Å². The van der Waals surface area contributed by atoms with Crippen LogP contribution in [0.5, 0.6) is 0 Å². The third kappa shape index (κ3) is 4.30. The van der Waals surface area contributed by atoms with Crippen molar-refractivity contribution < 1.29 is 4.52 Å². The molecule has 0 aliphatic heterocycles. The van der Waals surface area contributed by atoms with E-state index in [0.29, 0.717) is 0 Å². The molecule has 1 aromatic carbocycles. The lowest BCUT2D eigenvalue weighted by molar-refractivity contribution is 0.304. The maximum atomic E-state index is 4.93. The zero-order valence-corrected chi connectivity index (χ0v) is 16.3. The van der Waals surface area contributed by atoms with E-state index in [1.807, 2.05) is 17.8 Å². The molecule has 1 saturated carbocycles. The Morgan fingerprint density at radius 1 is 1.07 bits per heavy atom. The van der Waals surface area contributed by atoms with Gasteiger partial charge in [-0.05, 0) is 31.4 Å². The average molecular weight is 364 g/mol. The molecule has 142 valence electrons. The van der Waals surface area contributed by atoms with Gasteiger partial charge in [0, 0.05) is 43.5 Å². The zero-order valence-electron chi connectivity index (χ0n) is 16.3. The molecular formula is C22H28N4O. The van der Waals surface area contributed by atoms with Crippen molar-refractivity contribution >= 4 is 0 Å². The van der Waals surface area contributed by atoms with E-state index in [1.165, 1.54) is 48.8 Å². The van der Waals surface area contributed by atoms with Gasteiger partial charge in [0.15, 0.2) is 0 Å². The van der Waals surface area contributed by atoms with Crippen molar-refractivity contribution in [3.05, 3.63) is 59.6 Å². The minimum atomic E-state index is 0.740. The summed E-state index contributed by atoms with van der Waals surface area (Å²) in [5.41, 5.74) is 5.92. The van der Waals surface area contributed by atoms with Crippen LogP contribution in [0, 0.1) is 0 Å². The van der Waals surface area contributed by atoms with Crippen molar-refractivity contribution in [3.8, 4) is 11.3 Å². The lowest BCUT2D eigenvalue weighted by Gasteiger charge is -2.22. The highest BCUT2D eigenvalue weighted by molar-refractivity contribution is 5.63. The first kappa shape index (κ1) is 18.0. The molecule has 5 nitrogen and oxygen atoms in total. The van der Waals surface area contributed by atoms with Crippen LogP contribution in [0.25, 0.3) is 11.3 Å². The number of nitrogens with zero attached hydrogens (tertiary/aromatic N) is 4. The summed E-state index contributed by atoms with van der Waals surface area (Å²) >= 11 is 0. The van der Waals surface area contributed by atoms with Crippen molar-refractivity contribution in [2.24, 2.45) is 7.05 Å². The molecule has 0 N–H and O–H groups in total. The van der Waals surface area contributed by atoms with Crippen molar-refractivity contribution in [2.75, 3.05) is 7.05 Å². The standard InChI is InChI=1S/C22H28N4O/c1-25(16-21-12-13-27-24-21)14-20-15-26(2)23-22(20)19-10-8-18(9-11-19)17-6-4-3-5-7-17/h8-13,15,17H,3-7,14,16H2,1-2H3. The molecule has 2 aromatic heterocycles. The van der Waals surface area contributed by atoms with Crippen LogP contribution in [0.2, 0.25) is 0 Å². The van der Waals surface area contributed by atoms with Crippen LogP contribution in [0.1, 0.15) is 54.8 Å². The number of aromatic nitrogens is 3. The zero-order chi connectivity index (χ0) is 18.6. The van der Waals surface area contributed by atoms with Gasteiger partial charge in [0.2, 0.25) is 0 Å². The number of hydrogen-bond donors (Lipinski definition) is 0. The van der Waals surface area contributed by atoms with E-state index < -0.39 is 0 Å². The Morgan fingerprint density at radius 2 is 1.85 bits per heavy atom. The summed E-state index contributed by atoms with van der Waals surface area (Å²) in [7, 11) is 4.08. The quantitative estimate of drug-likeness (QED) is 0.633. The van der Waals surface area contributed by atoms with Crippen LogP contribution in [-0.2, 0) is 20.1 Å². The lowest BCUT2D eigenvalue weighted by Crippen LogP contribution is -2.17. The Bertz CT molecular complexity index is 845. The molecule has 27 heavy (non-hydrogen) atoms. The number of rotatable bonds is 6. The number of benzene rings is 1. The molecule has 1 aliphatic carbocycles. The maximum absolute atomic E-state index is 4.93. The van der Waals surface area contributed by atoms with Gasteiger partial charge in [-0.2, -0.15) is 5.10 Å². The van der Waals surface area contributed by atoms with Crippen molar-refractivity contribution in [1.29, 1.82) is 0 Å². The smallest absolute Gasteiger partial charge is 0.124 e. The van der Waals surface area contributed by atoms with Gasteiger partial charge < -0.3 is 4.52 Å². The predicted octanol–water partition coefficient (Wildman–Crippen LogP) is 4.75. The van der Waals surface area contributed by atoms with Gasteiger partial charge in [0.25, 0.3) is 0 Å². The lowest BCUT2D eigenvalue weighted by atomic mass is 9.84. The van der Waals surface area contributed by atoms with Gasteiger partial charge in [-0.25, -0.2) is 0 Å². The summed E-state index contributed by atoms with van der Waals surface area (Å²) < 4.78 is 6.84. The second kappa shape index (κ2) is 8.09. The summed E-state index contributed by atoms with van der Waals surface area (Å²) in [6.45, 7) is 1.58. The van der Waals surface area contributed by atoms with Gasteiger partial charge in [-0.15, -0.1) is 0 Å². The van der Waals surface area contributed by atoms with Gasteiger partial charge in [0.05, 0.1) is 11.4 Å². The monoisotopic (exact) mass is 364 g/mol.